The van der Waals surface area contributed by atoms with Crippen LogP contribution in [0.25, 0.3) is 10.8 Å². The zero-order valence-corrected chi connectivity index (χ0v) is 28.8. The summed E-state index contributed by atoms with van der Waals surface area (Å²) in [7, 11) is 0. The van der Waals surface area contributed by atoms with Gasteiger partial charge in [-0.05, 0) is 60.7 Å². The Balaban J connectivity index is 0.000000441. The molecule has 3 aromatic rings. The molecule has 3 aromatic carbocycles. The summed E-state index contributed by atoms with van der Waals surface area (Å²) in [6.07, 6.45) is 0.0699. The van der Waals surface area contributed by atoms with Crippen molar-refractivity contribution in [2.45, 2.75) is 82.2 Å². The first-order valence-electron chi connectivity index (χ1n) is 17.2. The van der Waals surface area contributed by atoms with E-state index < -0.39 is 29.8 Å². The smallest absolute Gasteiger partial charge is 0.475 e. The van der Waals surface area contributed by atoms with E-state index in [1.54, 1.807) is 0 Å². The van der Waals surface area contributed by atoms with Crippen LogP contribution in [0, 0.1) is 0 Å². The van der Waals surface area contributed by atoms with Crippen molar-refractivity contribution in [3.05, 3.63) is 78.4 Å². The number of fused-ring (bicyclic) bond motifs is 1. The van der Waals surface area contributed by atoms with E-state index in [1.807, 2.05) is 0 Å². The molecule has 286 valence electrons. The number of rotatable bonds is 12. The molecule has 4 N–H and O–H groups in total. The van der Waals surface area contributed by atoms with Gasteiger partial charge < -0.3 is 25.7 Å². The lowest BCUT2D eigenvalue weighted by Gasteiger charge is -2.43. The summed E-state index contributed by atoms with van der Waals surface area (Å²) in [4.78, 5) is 38.9. The largest absolute Gasteiger partial charge is 0.490 e. The van der Waals surface area contributed by atoms with E-state index in [-0.39, 0.29) is 0 Å². The van der Waals surface area contributed by atoms with Crippen LogP contribution in [0.1, 0.15) is 63.4 Å². The van der Waals surface area contributed by atoms with Crippen molar-refractivity contribution in [2.75, 3.05) is 37.7 Å². The molecule has 2 heterocycles. The lowest BCUT2D eigenvalue weighted by atomic mass is 9.85. The monoisotopic (exact) mass is 740 g/mol. The maximum Gasteiger partial charge on any atom is 0.490 e. The summed E-state index contributed by atoms with van der Waals surface area (Å²) in [5.74, 6) is -5.17. The number of unbranched alkanes of at least 4 members (excludes halogenated alkanes) is 6. The summed E-state index contributed by atoms with van der Waals surface area (Å²) in [6, 6.07) is 25.8. The minimum absolute atomic E-state index is 0.342. The van der Waals surface area contributed by atoms with E-state index in [9.17, 15) is 31.1 Å². The summed E-state index contributed by atoms with van der Waals surface area (Å²) < 4.78 is 63.5. The number of halogens is 6. The number of aliphatic carboxylic acids is 2. The van der Waals surface area contributed by atoms with Crippen molar-refractivity contribution >= 4 is 34.3 Å². The van der Waals surface area contributed by atoms with Gasteiger partial charge in [-0.25, -0.2) is 9.59 Å². The van der Waals surface area contributed by atoms with Crippen LogP contribution in [0.15, 0.2) is 72.8 Å². The second-order valence-electron chi connectivity index (χ2n) is 12.8. The molecule has 5 rings (SSSR count). The number of alkyl halides is 6. The molecule has 0 radical (unpaired) electrons. The summed E-state index contributed by atoms with van der Waals surface area (Å²) >= 11 is 0. The van der Waals surface area contributed by atoms with Gasteiger partial charge in [0.1, 0.15) is 5.54 Å². The second kappa shape index (κ2) is 19.5. The highest BCUT2D eigenvalue weighted by Gasteiger charge is 2.53. The number of likely N-dealkylation sites (tertiary alicyclic amines) is 1. The van der Waals surface area contributed by atoms with Gasteiger partial charge in [0, 0.05) is 31.9 Å². The number of nitrogens with two attached hydrogens (primary N) is 1. The number of para-hydroxylation sites is 1. The Hall–Kier alpha value is -4.37. The van der Waals surface area contributed by atoms with E-state index in [4.69, 9.17) is 25.5 Å². The van der Waals surface area contributed by atoms with Gasteiger partial charge in [0.05, 0.1) is 6.67 Å². The highest BCUT2D eigenvalue weighted by molar-refractivity contribution is 5.93. The maximum absolute atomic E-state index is 14.0. The first-order valence-corrected chi connectivity index (χ1v) is 17.2. The van der Waals surface area contributed by atoms with Crippen LogP contribution in [-0.4, -0.2) is 88.6 Å². The number of carbonyl (C=O) groups is 3. The third-order valence-electron chi connectivity index (χ3n) is 9.16. The van der Waals surface area contributed by atoms with Crippen molar-refractivity contribution in [1.29, 1.82) is 0 Å². The Labute approximate surface area is 299 Å². The quantitative estimate of drug-likeness (QED) is 0.129. The number of nitrogens with zero attached hydrogens (tertiary/aromatic N) is 3. The molecule has 0 atom stereocenters. The summed E-state index contributed by atoms with van der Waals surface area (Å²) in [5.41, 5.74) is 7.73. The van der Waals surface area contributed by atoms with Gasteiger partial charge in [0.15, 0.2) is 0 Å². The van der Waals surface area contributed by atoms with Crippen LogP contribution in [0.4, 0.5) is 32.0 Å². The first kappa shape index (κ1) is 42.0. The van der Waals surface area contributed by atoms with E-state index in [1.165, 1.54) is 54.1 Å². The van der Waals surface area contributed by atoms with Crippen LogP contribution in [0.5, 0.6) is 0 Å². The van der Waals surface area contributed by atoms with Gasteiger partial charge in [0.25, 0.3) is 0 Å². The SMILES string of the molecule is NCCCCCCCCCN1CN(c2ccccc2)C2(CCN(Cc3cccc4ccccc34)CC2)C1=O.O=C(O)C(F)(F)F.O=C(O)C(F)(F)F. The summed E-state index contributed by atoms with van der Waals surface area (Å²) in [6.45, 7) is 5.20. The van der Waals surface area contributed by atoms with E-state index in [2.05, 4.69) is 87.5 Å². The Kier molecular flexibility index (Phi) is 15.7. The number of amides is 1. The molecule has 0 saturated carbocycles. The molecule has 0 unspecified atom stereocenters. The number of carboxylic acid groups (broad SMARTS) is 2. The zero-order valence-electron chi connectivity index (χ0n) is 28.8. The van der Waals surface area contributed by atoms with Crippen LogP contribution in [0.2, 0.25) is 0 Å². The molecule has 0 bridgehead atoms. The number of carbonyl (C=O) groups excluding carboxylic acids is 1. The van der Waals surface area contributed by atoms with Crippen LogP contribution in [0.3, 0.4) is 0 Å². The fourth-order valence-corrected chi connectivity index (χ4v) is 6.46. The van der Waals surface area contributed by atoms with E-state index in [0.29, 0.717) is 12.6 Å². The molecule has 52 heavy (non-hydrogen) atoms. The molecule has 2 saturated heterocycles. The average molecular weight is 741 g/mol. The van der Waals surface area contributed by atoms with Gasteiger partial charge in [0.2, 0.25) is 5.91 Å². The molecule has 2 aliphatic rings. The molecular formula is C37H46F6N4O5. The van der Waals surface area contributed by atoms with Crippen molar-refractivity contribution in [3.63, 3.8) is 0 Å². The van der Waals surface area contributed by atoms with Crippen LogP contribution >= 0.6 is 0 Å². The molecule has 1 spiro atoms. The topological polar surface area (TPSA) is 127 Å². The molecule has 0 aliphatic carbocycles. The third kappa shape index (κ3) is 12.1. The van der Waals surface area contributed by atoms with Crippen molar-refractivity contribution in [1.82, 2.24) is 9.80 Å². The molecule has 9 nitrogen and oxygen atoms in total. The highest BCUT2D eigenvalue weighted by Crippen LogP contribution is 2.40. The second-order valence-corrected chi connectivity index (χ2v) is 12.8. The molecule has 2 aliphatic heterocycles. The predicted octanol–water partition coefficient (Wildman–Crippen LogP) is 7.44. The first-order chi connectivity index (χ1) is 24.6. The molecular weight excluding hydrogens is 694 g/mol. The normalized spacial score (nSPS) is 15.9. The molecule has 15 heteroatoms. The highest BCUT2D eigenvalue weighted by atomic mass is 19.4. The predicted molar refractivity (Wildman–Crippen MR) is 185 cm³/mol. The number of benzene rings is 3. The van der Waals surface area contributed by atoms with Gasteiger partial charge in [-0.15, -0.1) is 0 Å². The molecule has 1 amide bonds. The van der Waals surface area contributed by atoms with E-state index >= 15 is 0 Å². The fraction of sp³-hybridized carbons (Fsp3) is 0.486. The van der Waals surface area contributed by atoms with Gasteiger partial charge in [-0.3, -0.25) is 9.69 Å². The Morgan fingerprint density at radius 3 is 1.77 bits per heavy atom. The number of hydrogen-bond acceptors (Lipinski definition) is 6. The summed E-state index contributed by atoms with van der Waals surface area (Å²) in [5, 5.41) is 16.9. The minimum Gasteiger partial charge on any atom is -0.475 e. The van der Waals surface area contributed by atoms with Crippen molar-refractivity contribution < 1.29 is 50.9 Å². The number of hydrogen-bond donors (Lipinski definition) is 3. The van der Waals surface area contributed by atoms with Gasteiger partial charge >= 0.3 is 24.3 Å². The molecule has 0 aromatic heterocycles. The van der Waals surface area contributed by atoms with Crippen LogP contribution < -0.4 is 10.6 Å². The van der Waals surface area contributed by atoms with Crippen LogP contribution in [-0.2, 0) is 20.9 Å². The Morgan fingerprint density at radius 2 is 1.21 bits per heavy atom. The fourth-order valence-electron chi connectivity index (χ4n) is 6.46. The number of piperidine rings is 1. The van der Waals surface area contributed by atoms with E-state index in [0.717, 1.165) is 58.4 Å². The van der Waals surface area contributed by atoms with Crippen molar-refractivity contribution in [2.24, 2.45) is 5.73 Å². The average Bonchev–Trinajstić information content (AvgIpc) is 3.37. The minimum atomic E-state index is -5.08. The van der Waals surface area contributed by atoms with Gasteiger partial charge in [-0.2, -0.15) is 26.3 Å². The van der Waals surface area contributed by atoms with Crippen molar-refractivity contribution in [3.8, 4) is 0 Å². The lowest BCUT2D eigenvalue weighted by Crippen LogP contribution is -2.56. The standard InChI is InChI=1S/C33H44N4O.2C2HF3O2/c34-22-11-4-2-1-3-5-12-23-36-27-37(30-17-7-6-8-18-30)33(32(36)38)20-24-35(25-21-33)26-29-16-13-15-28-14-9-10-19-31(28)29;2*3-2(4,5)1(6)7/h6-10,13-19H,1-5,11-12,20-27,34H2;2*(H,6,7). The maximum atomic E-state index is 14.0. The molecule has 2 fully saturated rings. The number of carboxylic acids is 2. The third-order valence-corrected chi connectivity index (χ3v) is 9.16. The van der Waals surface area contributed by atoms with Gasteiger partial charge in [-0.1, -0.05) is 92.8 Å². The Bertz CT molecular complexity index is 1550. The lowest BCUT2D eigenvalue weighted by molar-refractivity contribution is -0.193. The zero-order chi connectivity index (χ0) is 38.4. The number of anilines is 1. The Morgan fingerprint density at radius 1 is 0.712 bits per heavy atom.